The summed E-state index contributed by atoms with van der Waals surface area (Å²) in [6.07, 6.45) is -3.18. The molecule has 1 aromatic carbocycles. The molecule has 0 aliphatic heterocycles. The highest BCUT2D eigenvalue weighted by Gasteiger charge is 2.33. The molecule has 2 amide bonds. The molecule has 0 bridgehead atoms. The van der Waals surface area contributed by atoms with Crippen LogP contribution in [0.3, 0.4) is 0 Å². The predicted octanol–water partition coefficient (Wildman–Crippen LogP) is 4.18. The Hall–Kier alpha value is -3.62. The van der Waals surface area contributed by atoms with Crippen LogP contribution in [-0.4, -0.2) is 16.8 Å². The molecule has 0 unspecified atom stereocenters. The minimum absolute atomic E-state index is 0.0169. The molecule has 29 heavy (non-hydrogen) atoms. The van der Waals surface area contributed by atoms with E-state index < -0.39 is 23.7 Å². The average molecular weight is 403 g/mol. The van der Waals surface area contributed by atoms with Gasteiger partial charge in [-0.15, -0.1) is 0 Å². The van der Waals surface area contributed by atoms with E-state index in [9.17, 15) is 22.8 Å². The van der Waals surface area contributed by atoms with Crippen LogP contribution in [0.4, 0.5) is 18.9 Å². The first kappa shape index (κ1) is 20.1. The van der Waals surface area contributed by atoms with Crippen molar-refractivity contribution in [3.63, 3.8) is 0 Å². The molecule has 0 fully saturated rings. The van der Waals surface area contributed by atoms with Gasteiger partial charge in [0, 0.05) is 12.2 Å². The lowest BCUT2D eigenvalue weighted by Crippen LogP contribution is -2.24. The zero-order valence-corrected chi connectivity index (χ0v) is 15.2. The van der Waals surface area contributed by atoms with Crippen LogP contribution in [0.25, 0.3) is 0 Å². The van der Waals surface area contributed by atoms with Gasteiger partial charge in [-0.3, -0.25) is 9.59 Å². The number of rotatable bonds is 5. The monoisotopic (exact) mass is 403 g/mol. The van der Waals surface area contributed by atoms with Crippen LogP contribution in [0.2, 0.25) is 0 Å². The van der Waals surface area contributed by atoms with Crippen LogP contribution in [0.1, 0.15) is 37.9 Å². The number of anilines is 1. The molecule has 0 atom stereocenters. The first-order chi connectivity index (χ1) is 13.7. The second-order valence-corrected chi connectivity index (χ2v) is 6.14. The van der Waals surface area contributed by atoms with Gasteiger partial charge in [-0.05, 0) is 48.9 Å². The van der Waals surface area contributed by atoms with Gasteiger partial charge in [0.15, 0.2) is 5.76 Å². The van der Waals surface area contributed by atoms with E-state index in [-0.39, 0.29) is 23.6 Å². The number of carbonyl (C=O) groups is 2. The fourth-order valence-electron chi connectivity index (χ4n) is 2.60. The number of amides is 2. The molecule has 0 saturated carbocycles. The lowest BCUT2D eigenvalue weighted by Gasteiger charge is -2.11. The molecule has 2 N–H and O–H groups in total. The summed E-state index contributed by atoms with van der Waals surface area (Å²) in [4.78, 5) is 27.8. The smallest absolute Gasteiger partial charge is 0.433 e. The van der Waals surface area contributed by atoms with Crippen molar-refractivity contribution in [3.05, 3.63) is 83.1 Å². The maximum Gasteiger partial charge on any atom is 0.433 e. The minimum atomic E-state index is -4.57. The number of hydrogen-bond donors (Lipinski definition) is 2. The van der Waals surface area contributed by atoms with Gasteiger partial charge in [0.05, 0.1) is 17.5 Å². The fraction of sp³-hybridized carbons (Fsp3) is 0.150. The Balaban J connectivity index is 1.64. The number of halogens is 3. The number of nitrogens with zero attached hydrogens (tertiary/aromatic N) is 1. The largest absolute Gasteiger partial charge is 0.459 e. The number of furan rings is 1. The Kier molecular flexibility index (Phi) is 5.67. The van der Waals surface area contributed by atoms with Gasteiger partial charge in [-0.2, -0.15) is 13.2 Å². The molecule has 2 aromatic heterocycles. The number of alkyl halides is 3. The van der Waals surface area contributed by atoms with Crippen LogP contribution < -0.4 is 10.6 Å². The third-order valence-corrected chi connectivity index (χ3v) is 4.00. The number of aromatic nitrogens is 1. The first-order valence-corrected chi connectivity index (χ1v) is 8.51. The van der Waals surface area contributed by atoms with E-state index >= 15 is 0 Å². The SMILES string of the molecule is Cc1nc(C(F)(F)F)ccc1C(=O)NCc1cccc(NC(=O)c2ccco2)c1. The molecule has 0 radical (unpaired) electrons. The maximum atomic E-state index is 12.7. The number of nitrogens with one attached hydrogen (secondary N) is 2. The molecule has 0 aliphatic rings. The number of benzene rings is 1. The Bertz CT molecular complexity index is 1030. The molecule has 0 spiro atoms. The van der Waals surface area contributed by atoms with E-state index in [2.05, 4.69) is 15.6 Å². The van der Waals surface area contributed by atoms with Gasteiger partial charge in [0.25, 0.3) is 11.8 Å². The zero-order chi connectivity index (χ0) is 21.0. The minimum Gasteiger partial charge on any atom is -0.459 e. The molecule has 9 heteroatoms. The Morgan fingerprint density at radius 3 is 2.52 bits per heavy atom. The third kappa shape index (κ3) is 5.01. The molecule has 150 valence electrons. The van der Waals surface area contributed by atoms with Gasteiger partial charge < -0.3 is 15.1 Å². The molecule has 3 aromatic rings. The highest BCUT2D eigenvalue weighted by atomic mass is 19.4. The Morgan fingerprint density at radius 1 is 1.07 bits per heavy atom. The molecular weight excluding hydrogens is 387 g/mol. The number of aryl methyl sites for hydroxylation is 1. The summed E-state index contributed by atoms with van der Waals surface area (Å²) < 4.78 is 43.1. The van der Waals surface area contributed by atoms with Gasteiger partial charge in [-0.1, -0.05) is 12.1 Å². The summed E-state index contributed by atoms with van der Waals surface area (Å²) in [5.74, 6) is -0.801. The topological polar surface area (TPSA) is 84.2 Å². The summed E-state index contributed by atoms with van der Waals surface area (Å²) in [6, 6.07) is 11.8. The first-order valence-electron chi connectivity index (χ1n) is 8.51. The highest BCUT2D eigenvalue weighted by molar-refractivity contribution is 6.02. The van der Waals surface area contributed by atoms with Crippen molar-refractivity contribution in [1.82, 2.24) is 10.3 Å². The van der Waals surface area contributed by atoms with E-state index in [1.54, 1.807) is 30.3 Å². The Labute approximate surface area is 163 Å². The Morgan fingerprint density at radius 2 is 1.86 bits per heavy atom. The van der Waals surface area contributed by atoms with Crippen molar-refractivity contribution in [3.8, 4) is 0 Å². The van der Waals surface area contributed by atoms with E-state index in [0.29, 0.717) is 11.3 Å². The van der Waals surface area contributed by atoms with Crippen molar-refractivity contribution in [2.75, 3.05) is 5.32 Å². The van der Waals surface area contributed by atoms with Gasteiger partial charge in [-0.25, -0.2) is 4.98 Å². The number of pyridine rings is 1. The molecule has 6 nitrogen and oxygen atoms in total. The van der Waals surface area contributed by atoms with Crippen LogP contribution in [0, 0.1) is 6.92 Å². The van der Waals surface area contributed by atoms with Crippen LogP contribution >= 0.6 is 0 Å². The van der Waals surface area contributed by atoms with E-state index in [4.69, 9.17) is 4.42 Å². The molecule has 3 rings (SSSR count). The number of hydrogen-bond acceptors (Lipinski definition) is 4. The van der Waals surface area contributed by atoms with Crippen molar-refractivity contribution < 1.29 is 27.2 Å². The van der Waals surface area contributed by atoms with Crippen LogP contribution in [-0.2, 0) is 12.7 Å². The highest BCUT2D eigenvalue weighted by Crippen LogP contribution is 2.28. The van der Waals surface area contributed by atoms with Gasteiger partial charge >= 0.3 is 6.18 Å². The second-order valence-electron chi connectivity index (χ2n) is 6.14. The predicted molar refractivity (Wildman–Crippen MR) is 98.2 cm³/mol. The van der Waals surface area contributed by atoms with E-state index in [0.717, 1.165) is 12.1 Å². The summed E-state index contributed by atoms with van der Waals surface area (Å²) in [5, 5.41) is 5.30. The molecule has 2 heterocycles. The van der Waals surface area contributed by atoms with Crippen molar-refractivity contribution >= 4 is 17.5 Å². The van der Waals surface area contributed by atoms with Crippen molar-refractivity contribution in [2.45, 2.75) is 19.6 Å². The normalized spacial score (nSPS) is 11.2. The summed E-state index contributed by atoms with van der Waals surface area (Å²) in [6.45, 7) is 1.46. The lowest BCUT2D eigenvalue weighted by molar-refractivity contribution is -0.141. The maximum absolute atomic E-state index is 12.7. The quantitative estimate of drug-likeness (QED) is 0.669. The molecule has 0 saturated heterocycles. The average Bonchev–Trinajstić information content (AvgIpc) is 3.20. The zero-order valence-electron chi connectivity index (χ0n) is 15.2. The van der Waals surface area contributed by atoms with Gasteiger partial charge in [0.2, 0.25) is 0 Å². The summed E-state index contributed by atoms with van der Waals surface area (Å²) in [5.41, 5.74) is 0.183. The van der Waals surface area contributed by atoms with E-state index in [1.807, 2.05) is 0 Å². The fourth-order valence-corrected chi connectivity index (χ4v) is 2.60. The third-order valence-electron chi connectivity index (χ3n) is 4.00. The van der Waals surface area contributed by atoms with Crippen molar-refractivity contribution in [1.29, 1.82) is 0 Å². The standard InChI is InChI=1S/C20H16F3N3O3/c1-12-15(7-8-17(25-12)20(21,22)23)18(27)24-11-13-4-2-5-14(10-13)26-19(28)16-6-3-9-29-16/h2-10H,11H2,1H3,(H,24,27)(H,26,28). The van der Waals surface area contributed by atoms with E-state index in [1.165, 1.54) is 19.3 Å². The van der Waals surface area contributed by atoms with Crippen molar-refractivity contribution in [2.24, 2.45) is 0 Å². The summed E-state index contributed by atoms with van der Waals surface area (Å²) >= 11 is 0. The van der Waals surface area contributed by atoms with Crippen LogP contribution in [0.5, 0.6) is 0 Å². The summed E-state index contributed by atoms with van der Waals surface area (Å²) in [7, 11) is 0. The van der Waals surface area contributed by atoms with Crippen LogP contribution in [0.15, 0.2) is 59.2 Å². The molecular formula is C20H16F3N3O3. The molecule has 0 aliphatic carbocycles. The number of carbonyl (C=O) groups excluding carboxylic acids is 2. The lowest BCUT2D eigenvalue weighted by atomic mass is 10.1. The second kappa shape index (κ2) is 8.17. The van der Waals surface area contributed by atoms with Gasteiger partial charge in [0.1, 0.15) is 5.69 Å².